The SMILES string of the molecule is COc1ccc(C(=N)N)c(OCCN(C)C)c1. The van der Waals surface area contributed by atoms with Crippen molar-refractivity contribution in [3.63, 3.8) is 0 Å². The first-order chi connectivity index (χ1) is 8.04. The third-order valence-electron chi connectivity index (χ3n) is 2.28. The second kappa shape index (κ2) is 6.10. The summed E-state index contributed by atoms with van der Waals surface area (Å²) < 4.78 is 10.7. The van der Waals surface area contributed by atoms with Gasteiger partial charge < -0.3 is 20.1 Å². The van der Waals surface area contributed by atoms with Crippen molar-refractivity contribution in [2.24, 2.45) is 5.73 Å². The van der Waals surface area contributed by atoms with E-state index in [1.54, 1.807) is 25.3 Å². The van der Waals surface area contributed by atoms with Crippen molar-refractivity contribution in [1.29, 1.82) is 5.41 Å². The highest BCUT2D eigenvalue weighted by Crippen LogP contribution is 2.24. The van der Waals surface area contributed by atoms with Crippen molar-refractivity contribution in [2.75, 3.05) is 34.4 Å². The van der Waals surface area contributed by atoms with Crippen LogP contribution in [-0.4, -0.2) is 45.1 Å². The van der Waals surface area contributed by atoms with E-state index in [0.717, 1.165) is 6.54 Å². The summed E-state index contributed by atoms with van der Waals surface area (Å²) in [7, 11) is 5.54. The third kappa shape index (κ3) is 3.96. The van der Waals surface area contributed by atoms with Crippen molar-refractivity contribution < 1.29 is 9.47 Å². The van der Waals surface area contributed by atoms with Gasteiger partial charge >= 0.3 is 0 Å². The van der Waals surface area contributed by atoms with Crippen LogP contribution in [0.3, 0.4) is 0 Å². The second-order valence-corrected chi connectivity index (χ2v) is 3.93. The van der Waals surface area contributed by atoms with Gasteiger partial charge in [0.15, 0.2) is 0 Å². The molecular formula is C12H19N3O2. The number of amidine groups is 1. The minimum atomic E-state index is -0.00694. The second-order valence-electron chi connectivity index (χ2n) is 3.93. The van der Waals surface area contributed by atoms with Crippen LogP contribution in [0, 0.1) is 5.41 Å². The van der Waals surface area contributed by atoms with E-state index in [0.29, 0.717) is 23.7 Å². The standard InChI is InChI=1S/C12H19N3O2/c1-15(2)6-7-17-11-8-9(16-3)4-5-10(11)12(13)14/h4-5,8H,6-7H2,1-3H3,(H3,13,14). The highest BCUT2D eigenvalue weighted by Gasteiger charge is 2.08. The maximum absolute atomic E-state index is 7.47. The lowest BCUT2D eigenvalue weighted by atomic mass is 10.2. The molecule has 0 atom stereocenters. The van der Waals surface area contributed by atoms with Gasteiger partial charge in [-0.2, -0.15) is 0 Å². The molecule has 0 bridgehead atoms. The van der Waals surface area contributed by atoms with Crippen LogP contribution in [0.2, 0.25) is 0 Å². The molecule has 0 saturated heterocycles. The highest BCUT2D eigenvalue weighted by atomic mass is 16.5. The molecule has 1 rings (SSSR count). The number of ether oxygens (including phenoxy) is 2. The molecule has 5 nitrogen and oxygen atoms in total. The normalized spacial score (nSPS) is 10.4. The average molecular weight is 237 g/mol. The lowest BCUT2D eigenvalue weighted by molar-refractivity contribution is 0.260. The van der Waals surface area contributed by atoms with E-state index in [1.165, 1.54) is 0 Å². The molecular weight excluding hydrogens is 218 g/mol. The van der Waals surface area contributed by atoms with Crippen molar-refractivity contribution in [2.45, 2.75) is 0 Å². The molecule has 94 valence electrons. The number of nitrogen functional groups attached to an aromatic ring is 1. The van der Waals surface area contributed by atoms with Gasteiger partial charge in [-0.25, -0.2) is 0 Å². The van der Waals surface area contributed by atoms with E-state index in [2.05, 4.69) is 0 Å². The molecule has 0 unspecified atom stereocenters. The van der Waals surface area contributed by atoms with Gasteiger partial charge in [-0.05, 0) is 26.2 Å². The number of nitrogens with two attached hydrogens (primary N) is 1. The summed E-state index contributed by atoms with van der Waals surface area (Å²) in [5.41, 5.74) is 6.08. The molecule has 17 heavy (non-hydrogen) atoms. The fraction of sp³-hybridized carbons (Fsp3) is 0.417. The number of likely N-dealkylation sites (N-methyl/N-ethyl adjacent to an activating group) is 1. The van der Waals surface area contributed by atoms with E-state index in [-0.39, 0.29) is 5.84 Å². The van der Waals surface area contributed by atoms with Gasteiger partial charge in [0.05, 0.1) is 12.7 Å². The zero-order chi connectivity index (χ0) is 12.8. The Balaban J connectivity index is 2.82. The van der Waals surface area contributed by atoms with Gasteiger partial charge in [-0.1, -0.05) is 0 Å². The quantitative estimate of drug-likeness (QED) is 0.570. The van der Waals surface area contributed by atoms with Crippen LogP contribution in [0.5, 0.6) is 11.5 Å². The van der Waals surface area contributed by atoms with Crippen LogP contribution in [0.4, 0.5) is 0 Å². The molecule has 0 fully saturated rings. The molecule has 0 radical (unpaired) electrons. The van der Waals surface area contributed by atoms with Crippen molar-refractivity contribution in [3.8, 4) is 11.5 Å². The van der Waals surface area contributed by atoms with Gasteiger partial charge in [0, 0.05) is 12.6 Å². The minimum absolute atomic E-state index is 0.00694. The third-order valence-corrected chi connectivity index (χ3v) is 2.28. The number of rotatable bonds is 6. The predicted molar refractivity (Wildman–Crippen MR) is 68.1 cm³/mol. The Kier molecular flexibility index (Phi) is 4.78. The summed E-state index contributed by atoms with van der Waals surface area (Å²) in [5, 5.41) is 7.47. The molecule has 0 aromatic heterocycles. The molecule has 0 aliphatic carbocycles. The van der Waals surface area contributed by atoms with Crippen LogP contribution in [0.1, 0.15) is 5.56 Å². The fourth-order valence-electron chi connectivity index (χ4n) is 1.31. The molecule has 5 heteroatoms. The Morgan fingerprint density at radius 3 is 2.65 bits per heavy atom. The summed E-state index contributed by atoms with van der Waals surface area (Å²) in [6.45, 7) is 1.34. The van der Waals surface area contributed by atoms with Crippen LogP contribution in [-0.2, 0) is 0 Å². The molecule has 1 aromatic carbocycles. The number of methoxy groups -OCH3 is 1. The number of nitrogens with zero attached hydrogens (tertiary/aromatic N) is 1. The summed E-state index contributed by atoms with van der Waals surface area (Å²) in [4.78, 5) is 2.02. The van der Waals surface area contributed by atoms with Crippen molar-refractivity contribution in [1.82, 2.24) is 4.90 Å². The Bertz CT molecular complexity index is 391. The Morgan fingerprint density at radius 1 is 1.41 bits per heavy atom. The monoisotopic (exact) mass is 237 g/mol. The average Bonchev–Trinajstić information content (AvgIpc) is 2.28. The molecule has 0 heterocycles. The molecule has 0 saturated carbocycles. The zero-order valence-electron chi connectivity index (χ0n) is 10.5. The first-order valence-electron chi connectivity index (χ1n) is 5.34. The molecule has 0 amide bonds. The van der Waals surface area contributed by atoms with Crippen LogP contribution in [0.25, 0.3) is 0 Å². The Morgan fingerprint density at radius 2 is 2.12 bits per heavy atom. The molecule has 0 aliphatic heterocycles. The topological polar surface area (TPSA) is 71.6 Å². The summed E-state index contributed by atoms with van der Waals surface area (Å²) in [6, 6.07) is 5.23. The van der Waals surface area contributed by atoms with E-state index >= 15 is 0 Å². The van der Waals surface area contributed by atoms with E-state index in [4.69, 9.17) is 20.6 Å². The first-order valence-corrected chi connectivity index (χ1v) is 5.34. The fourth-order valence-corrected chi connectivity index (χ4v) is 1.31. The lowest BCUT2D eigenvalue weighted by Crippen LogP contribution is -2.21. The first kappa shape index (κ1) is 13.3. The maximum atomic E-state index is 7.47. The highest BCUT2D eigenvalue weighted by molar-refractivity contribution is 5.97. The van der Waals surface area contributed by atoms with Gasteiger partial charge in [-0.3, -0.25) is 5.41 Å². The van der Waals surface area contributed by atoms with Gasteiger partial charge in [-0.15, -0.1) is 0 Å². The van der Waals surface area contributed by atoms with Crippen molar-refractivity contribution in [3.05, 3.63) is 23.8 Å². The summed E-state index contributed by atoms with van der Waals surface area (Å²) in [5.74, 6) is 1.26. The smallest absolute Gasteiger partial charge is 0.133 e. The van der Waals surface area contributed by atoms with E-state index in [9.17, 15) is 0 Å². The summed E-state index contributed by atoms with van der Waals surface area (Å²) in [6.07, 6.45) is 0. The Hall–Kier alpha value is -1.75. The van der Waals surface area contributed by atoms with E-state index in [1.807, 2.05) is 19.0 Å². The minimum Gasteiger partial charge on any atom is -0.497 e. The van der Waals surface area contributed by atoms with Crippen LogP contribution < -0.4 is 15.2 Å². The van der Waals surface area contributed by atoms with Crippen LogP contribution >= 0.6 is 0 Å². The van der Waals surface area contributed by atoms with Crippen molar-refractivity contribution >= 4 is 5.84 Å². The number of hydrogen-bond acceptors (Lipinski definition) is 4. The predicted octanol–water partition coefficient (Wildman–Crippen LogP) is 0.920. The van der Waals surface area contributed by atoms with Crippen LogP contribution in [0.15, 0.2) is 18.2 Å². The number of hydrogen-bond donors (Lipinski definition) is 2. The van der Waals surface area contributed by atoms with Gasteiger partial charge in [0.25, 0.3) is 0 Å². The maximum Gasteiger partial charge on any atom is 0.133 e. The molecule has 1 aromatic rings. The lowest BCUT2D eigenvalue weighted by Gasteiger charge is -2.14. The van der Waals surface area contributed by atoms with E-state index < -0.39 is 0 Å². The van der Waals surface area contributed by atoms with Gasteiger partial charge in [0.1, 0.15) is 23.9 Å². The van der Waals surface area contributed by atoms with Gasteiger partial charge in [0.2, 0.25) is 0 Å². The molecule has 0 aliphatic rings. The number of nitrogens with one attached hydrogen (secondary N) is 1. The Labute approximate surface area is 102 Å². The summed E-state index contributed by atoms with van der Waals surface area (Å²) >= 11 is 0. The number of benzene rings is 1. The molecule has 0 spiro atoms. The molecule has 3 N–H and O–H groups in total. The largest absolute Gasteiger partial charge is 0.497 e. The zero-order valence-corrected chi connectivity index (χ0v) is 10.5.